The fourth-order valence-corrected chi connectivity index (χ4v) is 4.69. The zero-order valence-electron chi connectivity index (χ0n) is 18.7. The van der Waals surface area contributed by atoms with Crippen molar-refractivity contribution >= 4 is 27.7 Å². The second-order valence-electron chi connectivity index (χ2n) is 8.55. The van der Waals surface area contributed by atoms with Crippen molar-refractivity contribution in [3.05, 3.63) is 54.5 Å². The van der Waals surface area contributed by atoms with Crippen LogP contribution in [0.5, 0.6) is 5.75 Å². The second-order valence-corrected chi connectivity index (χ2v) is 8.55. The molecule has 5 rings (SSSR count). The van der Waals surface area contributed by atoms with Gasteiger partial charge >= 0.3 is 0 Å². The highest BCUT2D eigenvalue weighted by Crippen LogP contribution is 2.33. The van der Waals surface area contributed by atoms with E-state index in [1.54, 1.807) is 16.9 Å². The van der Waals surface area contributed by atoms with Crippen LogP contribution in [0.15, 0.2) is 48.7 Å². The number of carbonyl (C=O) groups excluding carboxylic acids is 1. The van der Waals surface area contributed by atoms with Crippen LogP contribution in [0.1, 0.15) is 39.0 Å². The first-order valence-corrected chi connectivity index (χ1v) is 11.6. The molecule has 1 saturated carbocycles. The number of nitrogens with zero attached hydrogens (tertiary/aromatic N) is 3. The maximum absolute atomic E-state index is 14.2. The summed E-state index contributed by atoms with van der Waals surface area (Å²) in [6, 6.07) is 12.4. The first kappa shape index (κ1) is 21.4. The molecule has 1 aliphatic carbocycles. The fraction of sp³-hybridized carbons (Fsp3) is 0.346. The zero-order valence-corrected chi connectivity index (χ0v) is 18.7. The second kappa shape index (κ2) is 9.17. The molecular formula is C26H27FN4O2. The van der Waals surface area contributed by atoms with Gasteiger partial charge in [0.05, 0.1) is 17.6 Å². The number of fused-ring (bicyclic) bond motifs is 3. The van der Waals surface area contributed by atoms with Gasteiger partial charge in [0.25, 0.3) is 0 Å². The molecule has 0 saturated heterocycles. The Labute approximate surface area is 191 Å². The quantitative estimate of drug-likeness (QED) is 0.440. The number of rotatable bonds is 6. The summed E-state index contributed by atoms with van der Waals surface area (Å²) in [6.45, 7) is 2.60. The van der Waals surface area contributed by atoms with Gasteiger partial charge in [0.15, 0.2) is 0 Å². The van der Waals surface area contributed by atoms with Gasteiger partial charge in [0, 0.05) is 28.6 Å². The van der Waals surface area contributed by atoms with Crippen LogP contribution < -0.4 is 10.1 Å². The molecule has 2 aromatic carbocycles. The molecule has 0 bridgehead atoms. The van der Waals surface area contributed by atoms with Crippen molar-refractivity contribution in [3.63, 3.8) is 0 Å². The lowest BCUT2D eigenvalue weighted by atomic mass is 9.95. The molecule has 6 nitrogen and oxygen atoms in total. The fourth-order valence-electron chi connectivity index (χ4n) is 4.69. The number of ether oxygens (including phenoxy) is 1. The van der Waals surface area contributed by atoms with E-state index in [0.29, 0.717) is 28.7 Å². The van der Waals surface area contributed by atoms with Crippen LogP contribution >= 0.6 is 0 Å². The Hall–Kier alpha value is -3.48. The zero-order chi connectivity index (χ0) is 22.8. The number of nitrogens with one attached hydrogen (secondary N) is 1. The number of halogens is 1. The maximum Gasteiger partial charge on any atom is 0.241 e. The number of hydrogen-bond acceptors (Lipinski definition) is 4. The Morgan fingerprint density at radius 3 is 2.67 bits per heavy atom. The molecule has 7 heteroatoms. The van der Waals surface area contributed by atoms with E-state index in [9.17, 15) is 9.18 Å². The van der Waals surface area contributed by atoms with Crippen LogP contribution in [-0.4, -0.2) is 33.3 Å². The molecule has 1 N–H and O–H groups in total. The molecule has 1 aliphatic rings. The van der Waals surface area contributed by atoms with Crippen molar-refractivity contribution in [1.29, 1.82) is 0 Å². The van der Waals surface area contributed by atoms with Crippen molar-refractivity contribution in [2.24, 2.45) is 0 Å². The first-order valence-electron chi connectivity index (χ1n) is 11.6. The summed E-state index contributed by atoms with van der Waals surface area (Å²) in [5.41, 5.74) is 2.96. The van der Waals surface area contributed by atoms with Crippen LogP contribution in [-0.2, 0) is 11.3 Å². The van der Waals surface area contributed by atoms with Crippen LogP contribution in [0.25, 0.3) is 33.1 Å². The van der Waals surface area contributed by atoms with E-state index in [4.69, 9.17) is 9.84 Å². The van der Waals surface area contributed by atoms with Crippen LogP contribution in [0, 0.1) is 5.82 Å². The SMILES string of the molecule is CCOc1ccc(-c2nn(CC(=O)NC3CCCCC3)c3c2cnc2ccc(F)cc23)cc1. The standard InChI is InChI=1S/C26H27FN4O2/c1-2-33-20-11-8-17(9-12-20)25-22-15-28-23-13-10-18(27)14-21(23)26(22)31(30-25)16-24(32)29-19-6-4-3-5-7-19/h8-15,19H,2-7,16H2,1H3,(H,29,32). The molecule has 0 aliphatic heterocycles. The van der Waals surface area contributed by atoms with Crippen molar-refractivity contribution in [2.75, 3.05) is 6.61 Å². The van der Waals surface area contributed by atoms with E-state index >= 15 is 0 Å². The minimum Gasteiger partial charge on any atom is -0.494 e. The predicted octanol–water partition coefficient (Wildman–Crippen LogP) is 5.24. The van der Waals surface area contributed by atoms with Crippen LogP contribution in [0.2, 0.25) is 0 Å². The Balaban J connectivity index is 1.57. The van der Waals surface area contributed by atoms with Gasteiger partial charge in [-0.15, -0.1) is 0 Å². The van der Waals surface area contributed by atoms with E-state index in [1.165, 1.54) is 18.6 Å². The number of amides is 1. The van der Waals surface area contributed by atoms with Gasteiger partial charge in [-0.1, -0.05) is 19.3 Å². The van der Waals surface area contributed by atoms with Crippen molar-refractivity contribution in [3.8, 4) is 17.0 Å². The van der Waals surface area contributed by atoms with Gasteiger partial charge in [-0.05, 0) is 62.2 Å². The molecule has 2 heterocycles. The van der Waals surface area contributed by atoms with Gasteiger partial charge in [0.2, 0.25) is 5.91 Å². The molecule has 0 spiro atoms. The Bertz CT molecular complexity index is 1290. The molecular weight excluding hydrogens is 419 g/mol. The van der Waals surface area contributed by atoms with Gasteiger partial charge in [-0.3, -0.25) is 14.5 Å². The number of pyridine rings is 1. The molecule has 1 amide bonds. The highest BCUT2D eigenvalue weighted by Gasteiger charge is 2.20. The smallest absolute Gasteiger partial charge is 0.241 e. The lowest BCUT2D eigenvalue weighted by Crippen LogP contribution is -2.38. The van der Waals surface area contributed by atoms with Gasteiger partial charge in [-0.2, -0.15) is 5.10 Å². The van der Waals surface area contributed by atoms with Crippen LogP contribution in [0.4, 0.5) is 4.39 Å². The van der Waals surface area contributed by atoms with E-state index in [0.717, 1.165) is 42.4 Å². The molecule has 0 atom stereocenters. The number of hydrogen-bond donors (Lipinski definition) is 1. The third-order valence-corrected chi connectivity index (χ3v) is 6.24. The minimum absolute atomic E-state index is 0.0691. The summed E-state index contributed by atoms with van der Waals surface area (Å²) < 4.78 is 21.4. The lowest BCUT2D eigenvalue weighted by Gasteiger charge is -2.22. The Kier molecular flexibility index (Phi) is 5.94. The number of benzene rings is 2. The normalized spacial score (nSPS) is 14.6. The molecule has 2 aromatic heterocycles. The van der Waals surface area contributed by atoms with Crippen molar-refractivity contribution in [1.82, 2.24) is 20.1 Å². The minimum atomic E-state index is -0.348. The van der Waals surface area contributed by atoms with Crippen molar-refractivity contribution in [2.45, 2.75) is 51.6 Å². The summed E-state index contributed by atoms with van der Waals surface area (Å²) in [4.78, 5) is 17.4. The monoisotopic (exact) mass is 446 g/mol. The average Bonchev–Trinajstić information content (AvgIpc) is 3.19. The summed E-state index contributed by atoms with van der Waals surface area (Å²) >= 11 is 0. The highest BCUT2D eigenvalue weighted by atomic mass is 19.1. The predicted molar refractivity (Wildman–Crippen MR) is 127 cm³/mol. The largest absolute Gasteiger partial charge is 0.494 e. The summed E-state index contributed by atoms with van der Waals surface area (Å²) in [5, 5.41) is 9.38. The third-order valence-electron chi connectivity index (χ3n) is 6.24. The highest BCUT2D eigenvalue weighted by molar-refractivity contribution is 6.08. The first-order chi connectivity index (χ1) is 16.1. The molecule has 0 unspecified atom stereocenters. The molecule has 4 aromatic rings. The Morgan fingerprint density at radius 1 is 1.12 bits per heavy atom. The lowest BCUT2D eigenvalue weighted by molar-refractivity contribution is -0.122. The molecule has 170 valence electrons. The molecule has 1 fully saturated rings. The summed E-state index contributed by atoms with van der Waals surface area (Å²) in [7, 11) is 0. The number of carbonyl (C=O) groups is 1. The average molecular weight is 447 g/mol. The maximum atomic E-state index is 14.2. The van der Waals surface area contributed by atoms with E-state index < -0.39 is 0 Å². The molecule has 33 heavy (non-hydrogen) atoms. The van der Waals surface area contributed by atoms with E-state index in [-0.39, 0.29) is 24.3 Å². The summed E-state index contributed by atoms with van der Waals surface area (Å²) in [6.07, 6.45) is 7.30. The van der Waals surface area contributed by atoms with Gasteiger partial charge in [-0.25, -0.2) is 4.39 Å². The molecule has 0 radical (unpaired) electrons. The van der Waals surface area contributed by atoms with Gasteiger partial charge in [0.1, 0.15) is 23.8 Å². The van der Waals surface area contributed by atoms with Crippen LogP contribution in [0.3, 0.4) is 0 Å². The summed E-state index contributed by atoms with van der Waals surface area (Å²) in [5.74, 6) is 0.354. The third kappa shape index (κ3) is 4.40. The Morgan fingerprint density at radius 2 is 1.91 bits per heavy atom. The topological polar surface area (TPSA) is 69.0 Å². The van der Waals surface area contributed by atoms with E-state index in [1.807, 2.05) is 31.2 Å². The van der Waals surface area contributed by atoms with E-state index in [2.05, 4.69) is 10.3 Å². The number of aromatic nitrogens is 3. The van der Waals surface area contributed by atoms with Gasteiger partial charge < -0.3 is 10.1 Å². The van der Waals surface area contributed by atoms with Crippen molar-refractivity contribution < 1.29 is 13.9 Å².